The van der Waals surface area contributed by atoms with Gasteiger partial charge in [0.05, 0.1) is 16.3 Å². The van der Waals surface area contributed by atoms with E-state index in [2.05, 4.69) is 5.32 Å². The molecule has 0 fully saturated rings. The van der Waals surface area contributed by atoms with Crippen LogP contribution in [0.15, 0.2) is 41.8 Å². The van der Waals surface area contributed by atoms with Crippen LogP contribution in [0.4, 0.5) is 11.4 Å². The molecule has 1 amide bonds. The first-order valence-corrected chi connectivity index (χ1v) is 8.32. The summed E-state index contributed by atoms with van der Waals surface area (Å²) in [6.07, 6.45) is 0. The van der Waals surface area contributed by atoms with E-state index in [1.54, 1.807) is 29.5 Å². The second-order valence-corrected chi connectivity index (χ2v) is 6.29. The molecule has 0 aliphatic rings. The summed E-state index contributed by atoms with van der Waals surface area (Å²) in [4.78, 5) is 25.3. The third-order valence-electron chi connectivity index (χ3n) is 3.80. The number of hydrogen-bond acceptors (Lipinski definition) is 4. The minimum absolute atomic E-state index is 0.0932. The summed E-state index contributed by atoms with van der Waals surface area (Å²) in [5.41, 5.74) is 0.144. The van der Waals surface area contributed by atoms with Gasteiger partial charge in [-0.25, -0.2) is 0 Å². The Hall–Kier alpha value is -2.25. The summed E-state index contributed by atoms with van der Waals surface area (Å²) in [7, 11) is 0. The largest absolute Gasteiger partial charge is 0.321 e. The number of benzene rings is 1. The first kappa shape index (κ1) is 17.1. The number of amides is 1. The van der Waals surface area contributed by atoms with Gasteiger partial charge in [-0.05, 0) is 31.4 Å². The molecule has 0 aliphatic carbocycles. The van der Waals surface area contributed by atoms with Crippen molar-refractivity contribution in [3.05, 3.63) is 56.8 Å². The van der Waals surface area contributed by atoms with Gasteiger partial charge in [-0.1, -0.05) is 18.2 Å². The van der Waals surface area contributed by atoms with Gasteiger partial charge in [0.25, 0.3) is 11.6 Å². The predicted molar refractivity (Wildman–Crippen MR) is 90.7 cm³/mol. The molecule has 1 heterocycles. The molecule has 2 atom stereocenters. The number of likely N-dealkylation sites (N-methyl/N-ethyl adjacent to an activating group) is 1. The zero-order valence-corrected chi connectivity index (χ0v) is 13.9. The Bertz CT molecular complexity index is 673. The molecule has 2 N–H and O–H groups in total. The molecule has 1 unspecified atom stereocenters. The number of rotatable bonds is 7. The van der Waals surface area contributed by atoms with E-state index in [0.717, 1.165) is 18.0 Å². The Morgan fingerprint density at radius 3 is 2.70 bits per heavy atom. The maximum Gasteiger partial charge on any atom is 0.292 e. The molecule has 6 nitrogen and oxygen atoms in total. The molecule has 0 saturated heterocycles. The zero-order valence-electron chi connectivity index (χ0n) is 13.1. The average Bonchev–Trinajstić information content (AvgIpc) is 3.05. The van der Waals surface area contributed by atoms with Gasteiger partial charge in [0, 0.05) is 6.07 Å². The van der Waals surface area contributed by atoms with Crippen LogP contribution in [0, 0.1) is 10.1 Å². The summed E-state index contributed by atoms with van der Waals surface area (Å²) >= 11 is 1.66. The predicted octanol–water partition coefficient (Wildman–Crippen LogP) is 2.09. The van der Waals surface area contributed by atoms with E-state index in [0.29, 0.717) is 0 Å². The number of para-hydroxylation sites is 2. The fraction of sp³-hybridized carbons (Fsp3) is 0.312. The molecule has 1 aromatic heterocycles. The number of nitro groups is 1. The van der Waals surface area contributed by atoms with E-state index in [4.69, 9.17) is 0 Å². The van der Waals surface area contributed by atoms with Crippen LogP contribution in [0.3, 0.4) is 0 Å². The van der Waals surface area contributed by atoms with Crippen LogP contribution in [0.5, 0.6) is 0 Å². The van der Waals surface area contributed by atoms with Crippen molar-refractivity contribution in [3.8, 4) is 0 Å². The Labute approximate surface area is 138 Å². The molecular weight excluding hydrogens is 314 g/mol. The highest BCUT2D eigenvalue weighted by Gasteiger charge is 2.26. The fourth-order valence-corrected chi connectivity index (χ4v) is 3.14. The Morgan fingerprint density at radius 1 is 1.35 bits per heavy atom. The minimum Gasteiger partial charge on any atom is -0.321 e. The second-order valence-electron chi connectivity index (χ2n) is 5.25. The first-order valence-electron chi connectivity index (χ1n) is 7.44. The molecular formula is C16H20N3O3S+. The summed E-state index contributed by atoms with van der Waals surface area (Å²) in [5.74, 6) is -0.215. The molecule has 122 valence electrons. The van der Waals surface area contributed by atoms with Crippen LogP contribution in [-0.4, -0.2) is 23.4 Å². The summed E-state index contributed by atoms with van der Waals surface area (Å²) in [6, 6.07) is 9.92. The third kappa shape index (κ3) is 4.37. The molecule has 0 bridgehead atoms. The Morgan fingerprint density at radius 2 is 2.09 bits per heavy atom. The lowest BCUT2D eigenvalue weighted by atomic mass is 10.2. The zero-order chi connectivity index (χ0) is 16.8. The molecule has 0 aliphatic heterocycles. The molecule has 23 heavy (non-hydrogen) atoms. The normalized spacial score (nSPS) is 13.3. The lowest BCUT2D eigenvalue weighted by Gasteiger charge is -2.23. The number of anilines is 1. The van der Waals surface area contributed by atoms with Crippen LogP contribution in [0.1, 0.15) is 18.7 Å². The van der Waals surface area contributed by atoms with Crippen molar-refractivity contribution in [3.63, 3.8) is 0 Å². The summed E-state index contributed by atoms with van der Waals surface area (Å²) in [6.45, 7) is 5.43. The second kappa shape index (κ2) is 7.85. The number of nitrogens with one attached hydrogen (secondary N) is 2. The fourth-order valence-electron chi connectivity index (χ4n) is 2.39. The molecule has 2 rings (SSSR count). The molecule has 0 saturated carbocycles. The Kier molecular flexibility index (Phi) is 5.84. The number of hydrogen-bond donors (Lipinski definition) is 2. The van der Waals surface area contributed by atoms with Gasteiger partial charge in [0.1, 0.15) is 12.2 Å². The number of carbonyl (C=O) groups is 1. The smallest absolute Gasteiger partial charge is 0.292 e. The molecule has 1 aromatic carbocycles. The highest BCUT2D eigenvalue weighted by Crippen LogP contribution is 2.23. The van der Waals surface area contributed by atoms with Gasteiger partial charge < -0.3 is 10.2 Å². The lowest BCUT2D eigenvalue weighted by molar-refractivity contribution is -0.925. The average molecular weight is 334 g/mol. The topological polar surface area (TPSA) is 76.7 Å². The van der Waals surface area contributed by atoms with Crippen molar-refractivity contribution in [2.45, 2.75) is 26.4 Å². The standard InChI is InChI=1S/C16H19N3O3S/c1-3-18(11-13-7-6-10-23-13)12(2)16(20)17-14-8-4-5-9-15(14)19(21)22/h4-10,12H,3,11H2,1-2H3,(H,17,20)/p+1/t12-/m1/s1. The highest BCUT2D eigenvalue weighted by atomic mass is 32.1. The quantitative estimate of drug-likeness (QED) is 0.601. The molecule has 0 radical (unpaired) electrons. The number of nitrogens with zero attached hydrogens (tertiary/aromatic N) is 1. The van der Waals surface area contributed by atoms with Gasteiger partial charge in [-0.3, -0.25) is 14.9 Å². The van der Waals surface area contributed by atoms with Gasteiger partial charge in [0.15, 0.2) is 6.04 Å². The van der Waals surface area contributed by atoms with Crippen molar-refractivity contribution in [1.82, 2.24) is 0 Å². The van der Waals surface area contributed by atoms with Crippen molar-refractivity contribution in [2.75, 3.05) is 11.9 Å². The van der Waals surface area contributed by atoms with Gasteiger partial charge in [-0.2, -0.15) is 0 Å². The van der Waals surface area contributed by atoms with E-state index in [-0.39, 0.29) is 23.3 Å². The van der Waals surface area contributed by atoms with Crippen molar-refractivity contribution < 1.29 is 14.6 Å². The number of nitro benzene ring substituents is 1. The van der Waals surface area contributed by atoms with E-state index >= 15 is 0 Å². The summed E-state index contributed by atoms with van der Waals surface area (Å²) < 4.78 is 0. The van der Waals surface area contributed by atoms with E-state index in [1.165, 1.54) is 10.9 Å². The number of carbonyl (C=O) groups excluding carboxylic acids is 1. The van der Waals surface area contributed by atoms with E-state index < -0.39 is 4.92 Å². The van der Waals surface area contributed by atoms with Crippen molar-refractivity contribution in [1.29, 1.82) is 0 Å². The minimum atomic E-state index is -0.490. The highest BCUT2D eigenvalue weighted by molar-refractivity contribution is 7.09. The first-order chi connectivity index (χ1) is 11.0. The van der Waals surface area contributed by atoms with E-state index in [9.17, 15) is 14.9 Å². The van der Waals surface area contributed by atoms with Crippen LogP contribution in [0.2, 0.25) is 0 Å². The molecule has 0 spiro atoms. The van der Waals surface area contributed by atoms with Crippen LogP contribution in [-0.2, 0) is 11.3 Å². The summed E-state index contributed by atoms with van der Waals surface area (Å²) in [5, 5.41) is 15.7. The van der Waals surface area contributed by atoms with Crippen LogP contribution >= 0.6 is 11.3 Å². The monoisotopic (exact) mass is 334 g/mol. The maximum absolute atomic E-state index is 12.5. The van der Waals surface area contributed by atoms with Gasteiger partial charge >= 0.3 is 0 Å². The maximum atomic E-state index is 12.5. The third-order valence-corrected chi connectivity index (χ3v) is 4.68. The number of quaternary nitrogens is 1. The molecule has 7 heteroatoms. The van der Waals surface area contributed by atoms with Crippen molar-refractivity contribution >= 4 is 28.6 Å². The lowest BCUT2D eigenvalue weighted by Crippen LogP contribution is -3.15. The molecule has 2 aromatic rings. The van der Waals surface area contributed by atoms with Gasteiger partial charge in [-0.15, -0.1) is 11.3 Å². The SMILES string of the molecule is CC[NH+](Cc1cccs1)[C@H](C)C(=O)Nc1ccccc1[N+](=O)[O-]. The Balaban J connectivity index is 2.08. The van der Waals surface area contributed by atoms with E-state index in [1.807, 2.05) is 31.4 Å². The van der Waals surface area contributed by atoms with Gasteiger partial charge in [0.2, 0.25) is 0 Å². The number of thiophene rings is 1. The van der Waals surface area contributed by atoms with Crippen molar-refractivity contribution in [2.24, 2.45) is 0 Å². The van der Waals surface area contributed by atoms with Crippen LogP contribution < -0.4 is 10.2 Å². The van der Waals surface area contributed by atoms with Crippen LogP contribution in [0.25, 0.3) is 0 Å².